The van der Waals surface area contributed by atoms with Crippen LogP contribution in [0.5, 0.6) is 5.88 Å². The van der Waals surface area contributed by atoms with Crippen molar-refractivity contribution in [1.29, 1.82) is 0 Å². The van der Waals surface area contributed by atoms with Gasteiger partial charge in [0.15, 0.2) is 0 Å². The van der Waals surface area contributed by atoms with Crippen molar-refractivity contribution in [2.75, 3.05) is 26.7 Å². The van der Waals surface area contributed by atoms with Crippen molar-refractivity contribution in [3.8, 4) is 5.88 Å². The van der Waals surface area contributed by atoms with Gasteiger partial charge in [-0.2, -0.15) is 0 Å². The van der Waals surface area contributed by atoms with E-state index < -0.39 is 0 Å². The van der Waals surface area contributed by atoms with Crippen molar-refractivity contribution >= 4 is 0 Å². The highest BCUT2D eigenvalue weighted by Gasteiger charge is 2.13. The van der Waals surface area contributed by atoms with Gasteiger partial charge in [-0.15, -0.1) is 0 Å². The average molecular weight is 263 g/mol. The Labute approximate surface area is 116 Å². The zero-order chi connectivity index (χ0) is 13.5. The summed E-state index contributed by atoms with van der Waals surface area (Å²) in [5.41, 5.74) is 1.27. The van der Waals surface area contributed by atoms with Crippen LogP contribution in [0.4, 0.5) is 0 Å². The van der Waals surface area contributed by atoms with Crippen LogP contribution in [0.2, 0.25) is 0 Å². The molecule has 1 N–H and O–H groups in total. The molecule has 1 aromatic rings. The second kappa shape index (κ2) is 7.46. The van der Waals surface area contributed by atoms with E-state index in [4.69, 9.17) is 4.74 Å². The first-order valence-electron chi connectivity index (χ1n) is 7.26. The summed E-state index contributed by atoms with van der Waals surface area (Å²) in [6.45, 7) is 6.72. The van der Waals surface area contributed by atoms with E-state index in [2.05, 4.69) is 28.2 Å². The predicted octanol–water partition coefficient (Wildman–Crippen LogP) is 2.05. The highest BCUT2D eigenvalue weighted by atomic mass is 16.5. The Morgan fingerprint density at radius 3 is 3.00 bits per heavy atom. The number of pyridine rings is 1. The van der Waals surface area contributed by atoms with Crippen molar-refractivity contribution < 1.29 is 4.74 Å². The number of nitrogens with one attached hydrogen (secondary N) is 1. The third-order valence-electron chi connectivity index (χ3n) is 3.78. The molecular formula is C15H25N3O. The molecule has 4 nitrogen and oxygen atoms in total. The molecule has 4 heteroatoms. The largest absolute Gasteiger partial charge is 0.481 e. The molecular weight excluding hydrogens is 238 g/mol. The van der Waals surface area contributed by atoms with Gasteiger partial charge in [0.05, 0.1) is 7.11 Å². The Balaban J connectivity index is 1.89. The maximum atomic E-state index is 5.09. The van der Waals surface area contributed by atoms with Gasteiger partial charge in [0, 0.05) is 24.8 Å². The van der Waals surface area contributed by atoms with Crippen LogP contribution < -0.4 is 10.1 Å². The first kappa shape index (κ1) is 14.3. The molecule has 0 amide bonds. The summed E-state index contributed by atoms with van der Waals surface area (Å²) in [5, 5.41) is 3.62. The van der Waals surface area contributed by atoms with Gasteiger partial charge in [-0.1, -0.05) is 13.0 Å². The maximum Gasteiger partial charge on any atom is 0.212 e. The molecule has 1 atom stereocenters. The molecule has 1 saturated heterocycles. The smallest absolute Gasteiger partial charge is 0.212 e. The van der Waals surface area contributed by atoms with E-state index in [-0.39, 0.29) is 0 Å². The van der Waals surface area contributed by atoms with E-state index >= 15 is 0 Å². The molecule has 1 fully saturated rings. The fraction of sp³-hybridized carbons (Fsp3) is 0.667. The topological polar surface area (TPSA) is 37.4 Å². The second-order valence-electron chi connectivity index (χ2n) is 5.19. The highest BCUT2D eigenvalue weighted by Crippen LogP contribution is 2.12. The Kier molecular flexibility index (Phi) is 5.61. The first-order valence-corrected chi connectivity index (χ1v) is 7.26. The van der Waals surface area contributed by atoms with E-state index in [0.29, 0.717) is 11.9 Å². The summed E-state index contributed by atoms with van der Waals surface area (Å²) >= 11 is 0. The molecule has 0 radical (unpaired) electrons. The number of hydrogen-bond donors (Lipinski definition) is 1. The van der Waals surface area contributed by atoms with E-state index in [9.17, 15) is 0 Å². The van der Waals surface area contributed by atoms with Crippen molar-refractivity contribution in [3.05, 3.63) is 23.9 Å². The summed E-state index contributed by atoms with van der Waals surface area (Å²) in [5.74, 6) is 0.687. The molecule has 1 aromatic heterocycles. The molecule has 2 heterocycles. The van der Waals surface area contributed by atoms with Crippen LogP contribution in [0.3, 0.4) is 0 Å². The van der Waals surface area contributed by atoms with Gasteiger partial charge >= 0.3 is 0 Å². The minimum absolute atomic E-state index is 0.678. The molecule has 0 aromatic carbocycles. The molecule has 0 bridgehead atoms. The fourth-order valence-corrected chi connectivity index (χ4v) is 2.55. The summed E-state index contributed by atoms with van der Waals surface area (Å²) in [7, 11) is 1.65. The lowest BCUT2D eigenvalue weighted by Gasteiger charge is -2.28. The quantitative estimate of drug-likeness (QED) is 0.902. The van der Waals surface area contributed by atoms with Crippen LogP contribution in [0.15, 0.2) is 18.3 Å². The number of rotatable bonds is 4. The number of aromatic nitrogens is 1. The van der Waals surface area contributed by atoms with E-state index in [1.54, 1.807) is 7.11 Å². The van der Waals surface area contributed by atoms with E-state index in [0.717, 1.165) is 26.2 Å². The van der Waals surface area contributed by atoms with Crippen molar-refractivity contribution in [2.45, 2.75) is 38.8 Å². The molecule has 0 spiro atoms. The molecule has 1 aliphatic heterocycles. The van der Waals surface area contributed by atoms with Gasteiger partial charge in [0.25, 0.3) is 0 Å². The molecule has 1 aliphatic rings. The van der Waals surface area contributed by atoms with Crippen LogP contribution in [-0.2, 0) is 6.54 Å². The zero-order valence-corrected chi connectivity index (χ0v) is 12.1. The fourth-order valence-electron chi connectivity index (χ4n) is 2.55. The van der Waals surface area contributed by atoms with Gasteiger partial charge in [-0.3, -0.25) is 4.90 Å². The van der Waals surface area contributed by atoms with Gasteiger partial charge < -0.3 is 10.1 Å². The molecule has 2 rings (SSSR count). The van der Waals surface area contributed by atoms with Crippen molar-refractivity contribution in [3.63, 3.8) is 0 Å². The predicted molar refractivity (Wildman–Crippen MR) is 77.4 cm³/mol. The molecule has 106 valence electrons. The van der Waals surface area contributed by atoms with Crippen molar-refractivity contribution in [1.82, 2.24) is 15.2 Å². The van der Waals surface area contributed by atoms with Gasteiger partial charge in [-0.25, -0.2) is 4.98 Å². The van der Waals surface area contributed by atoms with Gasteiger partial charge in [0.2, 0.25) is 5.88 Å². The SMILES string of the molecule is CCC1CCN(Cc2ccc(OC)nc2)CCCN1. The van der Waals surface area contributed by atoms with E-state index in [1.807, 2.05) is 12.3 Å². The Bertz CT molecular complexity index is 366. The Morgan fingerprint density at radius 2 is 2.32 bits per heavy atom. The van der Waals surface area contributed by atoms with Crippen LogP contribution in [0.25, 0.3) is 0 Å². The summed E-state index contributed by atoms with van der Waals surface area (Å²) < 4.78 is 5.09. The third kappa shape index (κ3) is 4.48. The average Bonchev–Trinajstić information content (AvgIpc) is 2.43. The van der Waals surface area contributed by atoms with E-state index in [1.165, 1.54) is 24.8 Å². The van der Waals surface area contributed by atoms with Gasteiger partial charge in [0.1, 0.15) is 0 Å². The normalized spacial score (nSPS) is 21.7. The van der Waals surface area contributed by atoms with Gasteiger partial charge in [-0.05, 0) is 44.5 Å². The molecule has 19 heavy (non-hydrogen) atoms. The monoisotopic (exact) mass is 263 g/mol. The Morgan fingerprint density at radius 1 is 1.42 bits per heavy atom. The lowest BCUT2D eigenvalue weighted by molar-refractivity contribution is 0.224. The van der Waals surface area contributed by atoms with Crippen LogP contribution >= 0.6 is 0 Å². The van der Waals surface area contributed by atoms with Crippen LogP contribution in [0.1, 0.15) is 31.7 Å². The standard InChI is InChI=1S/C15H25N3O/c1-3-14-7-10-18(9-4-8-16-14)12-13-5-6-15(19-2)17-11-13/h5-6,11,14,16H,3-4,7-10,12H2,1-2H3. The lowest BCUT2D eigenvalue weighted by atomic mass is 10.1. The minimum atomic E-state index is 0.678. The number of methoxy groups -OCH3 is 1. The molecule has 1 unspecified atom stereocenters. The van der Waals surface area contributed by atoms with Crippen LogP contribution in [0, 0.1) is 0 Å². The maximum absolute atomic E-state index is 5.09. The lowest BCUT2D eigenvalue weighted by Crippen LogP contribution is -2.39. The highest BCUT2D eigenvalue weighted by molar-refractivity contribution is 5.17. The minimum Gasteiger partial charge on any atom is -0.481 e. The number of ether oxygens (including phenoxy) is 1. The number of nitrogens with zero attached hydrogens (tertiary/aromatic N) is 2. The third-order valence-corrected chi connectivity index (χ3v) is 3.78. The zero-order valence-electron chi connectivity index (χ0n) is 12.1. The van der Waals surface area contributed by atoms with Crippen molar-refractivity contribution in [2.24, 2.45) is 0 Å². The summed E-state index contributed by atoms with van der Waals surface area (Å²) in [6.07, 6.45) is 5.60. The second-order valence-corrected chi connectivity index (χ2v) is 5.19. The Hall–Kier alpha value is -1.13. The first-order chi connectivity index (χ1) is 9.31. The summed E-state index contributed by atoms with van der Waals surface area (Å²) in [4.78, 5) is 6.81. The molecule has 0 aliphatic carbocycles. The molecule has 0 saturated carbocycles. The summed E-state index contributed by atoms with van der Waals surface area (Å²) in [6, 6.07) is 4.73. The van der Waals surface area contributed by atoms with Crippen LogP contribution in [-0.4, -0.2) is 42.7 Å². The number of hydrogen-bond acceptors (Lipinski definition) is 4.